The number of carbonyl (C=O) groups excluding carboxylic acids is 2. The second-order valence-corrected chi connectivity index (χ2v) is 10.2. The molecule has 1 fully saturated rings. The highest BCUT2D eigenvalue weighted by Crippen LogP contribution is 2.41. The molecule has 2 aliphatic heterocycles. The minimum absolute atomic E-state index is 0.0684. The van der Waals surface area contributed by atoms with Crippen LogP contribution in [0.1, 0.15) is 57.8 Å². The maximum atomic E-state index is 12.6. The average molecular weight is 445 g/mol. The second kappa shape index (κ2) is 8.63. The monoisotopic (exact) mass is 444 g/mol. The van der Waals surface area contributed by atoms with Crippen molar-refractivity contribution in [1.82, 2.24) is 10.6 Å². The van der Waals surface area contributed by atoms with Crippen LogP contribution in [0.5, 0.6) is 0 Å². The van der Waals surface area contributed by atoms with Crippen molar-refractivity contribution < 1.29 is 19.5 Å². The molecule has 166 valence electrons. The molecular weight excluding hydrogens is 416 g/mol. The highest BCUT2D eigenvalue weighted by molar-refractivity contribution is 8.04. The zero-order chi connectivity index (χ0) is 22.2. The lowest BCUT2D eigenvalue weighted by atomic mass is 9.95. The standard InChI is InChI=1S/C22H28N4O4S/c23-16-10-14(31-19-15(16)11-17(24)25-21(19)30)4-2-12-1-3-13(9-12)20(29)26-22(7-8-22)6-5-18(27)28/h1,3,14,17,23H,2,4-11,24H2,(H,25,30)(H,26,29)(H,27,28). The fraction of sp³-hybridized carbons (Fsp3) is 0.545. The normalized spacial score (nSPS) is 26.6. The van der Waals surface area contributed by atoms with Crippen LogP contribution in [0, 0.1) is 5.41 Å². The number of rotatable bonds is 8. The summed E-state index contributed by atoms with van der Waals surface area (Å²) in [6.45, 7) is 0. The number of carboxylic acids is 1. The zero-order valence-corrected chi connectivity index (χ0v) is 18.1. The molecule has 0 saturated heterocycles. The SMILES string of the molecule is N=C1CC(CCC2=CC=C(C(=O)NC3(CCC(=O)O)CC3)C2)SC2=C1CC(N)NC2=O. The van der Waals surface area contributed by atoms with Gasteiger partial charge >= 0.3 is 5.97 Å². The Morgan fingerprint density at radius 3 is 2.81 bits per heavy atom. The first-order valence-electron chi connectivity index (χ1n) is 10.7. The molecule has 2 unspecified atom stereocenters. The quantitative estimate of drug-likeness (QED) is 0.388. The van der Waals surface area contributed by atoms with E-state index in [4.69, 9.17) is 16.2 Å². The molecule has 2 amide bonds. The van der Waals surface area contributed by atoms with Crippen molar-refractivity contribution in [3.05, 3.63) is 33.8 Å². The summed E-state index contributed by atoms with van der Waals surface area (Å²) in [4.78, 5) is 36.3. The van der Waals surface area contributed by atoms with E-state index in [0.717, 1.165) is 31.3 Å². The molecule has 4 aliphatic rings. The van der Waals surface area contributed by atoms with Gasteiger partial charge in [0, 0.05) is 41.3 Å². The van der Waals surface area contributed by atoms with Crippen LogP contribution in [0.4, 0.5) is 0 Å². The van der Waals surface area contributed by atoms with E-state index in [-0.39, 0.29) is 29.0 Å². The molecule has 0 radical (unpaired) electrons. The Labute approximate surface area is 185 Å². The van der Waals surface area contributed by atoms with Gasteiger partial charge in [-0.1, -0.05) is 17.7 Å². The molecule has 2 aliphatic carbocycles. The predicted octanol–water partition coefficient (Wildman–Crippen LogP) is 2.12. The first-order valence-corrected chi connectivity index (χ1v) is 11.6. The Hall–Kier alpha value is -2.39. The van der Waals surface area contributed by atoms with Gasteiger partial charge in [-0.25, -0.2) is 0 Å². The van der Waals surface area contributed by atoms with Gasteiger partial charge in [0.05, 0.1) is 11.1 Å². The number of hydrogen-bond donors (Lipinski definition) is 5. The summed E-state index contributed by atoms with van der Waals surface area (Å²) in [5.41, 5.74) is 8.68. The number of allylic oxidation sites excluding steroid dienone is 3. The Kier molecular flexibility index (Phi) is 6.07. The van der Waals surface area contributed by atoms with Crippen molar-refractivity contribution in [3.63, 3.8) is 0 Å². The molecule has 31 heavy (non-hydrogen) atoms. The van der Waals surface area contributed by atoms with E-state index in [1.807, 2.05) is 12.2 Å². The molecule has 6 N–H and O–H groups in total. The summed E-state index contributed by atoms with van der Waals surface area (Å²) in [6.07, 6.45) is 9.02. The molecule has 2 atom stereocenters. The Bertz CT molecular complexity index is 932. The molecule has 0 aromatic rings. The average Bonchev–Trinajstić information content (AvgIpc) is 3.30. The van der Waals surface area contributed by atoms with Gasteiger partial charge in [0.15, 0.2) is 0 Å². The van der Waals surface area contributed by atoms with Crippen molar-refractivity contribution in [3.8, 4) is 0 Å². The number of hydrogen-bond acceptors (Lipinski definition) is 6. The molecular formula is C22H28N4O4S. The van der Waals surface area contributed by atoms with E-state index in [2.05, 4.69) is 10.6 Å². The van der Waals surface area contributed by atoms with E-state index in [1.165, 1.54) is 5.57 Å². The Morgan fingerprint density at radius 2 is 2.10 bits per heavy atom. The maximum absolute atomic E-state index is 12.6. The smallest absolute Gasteiger partial charge is 0.303 e. The van der Waals surface area contributed by atoms with Gasteiger partial charge < -0.3 is 26.9 Å². The highest BCUT2D eigenvalue weighted by Gasteiger charge is 2.44. The van der Waals surface area contributed by atoms with Crippen LogP contribution >= 0.6 is 11.8 Å². The molecule has 1 saturated carbocycles. The van der Waals surface area contributed by atoms with E-state index in [0.29, 0.717) is 41.9 Å². The van der Waals surface area contributed by atoms with Crippen LogP contribution in [0.3, 0.4) is 0 Å². The molecule has 8 nitrogen and oxygen atoms in total. The largest absolute Gasteiger partial charge is 0.481 e. The third-order valence-corrected chi connectivity index (χ3v) is 7.77. The van der Waals surface area contributed by atoms with Crippen LogP contribution in [-0.4, -0.2) is 45.6 Å². The maximum Gasteiger partial charge on any atom is 0.303 e. The first-order chi connectivity index (χ1) is 14.7. The minimum Gasteiger partial charge on any atom is -0.481 e. The van der Waals surface area contributed by atoms with Crippen LogP contribution in [-0.2, 0) is 14.4 Å². The number of carbonyl (C=O) groups is 3. The van der Waals surface area contributed by atoms with Gasteiger partial charge in [-0.3, -0.25) is 14.4 Å². The van der Waals surface area contributed by atoms with Gasteiger partial charge in [0.2, 0.25) is 5.91 Å². The molecule has 0 aromatic carbocycles. The fourth-order valence-electron chi connectivity index (χ4n) is 4.35. The molecule has 2 heterocycles. The number of carboxylic acid groups (broad SMARTS) is 1. The molecule has 9 heteroatoms. The topological polar surface area (TPSA) is 145 Å². The minimum atomic E-state index is -0.838. The Morgan fingerprint density at radius 1 is 1.32 bits per heavy atom. The summed E-state index contributed by atoms with van der Waals surface area (Å²) in [5.74, 6) is -1.12. The highest BCUT2D eigenvalue weighted by atomic mass is 32.2. The third kappa shape index (κ3) is 5.10. The van der Waals surface area contributed by atoms with E-state index in [9.17, 15) is 14.4 Å². The van der Waals surface area contributed by atoms with Gasteiger partial charge in [-0.15, -0.1) is 11.8 Å². The van der Waals surface area contributed by atoms with Gasteiger partial charge in [0.1, 0.15) is 0 Å². The predicted molar refractivity (Wildman–Crippen MR) is 118 cm³/mol. The van der Waals surface area contributed by atoms with Gasteiger partial charge in [0.25, 0.3) is 5.91 Å². The first kappa shape index (κ1) is 21.8. The number of amides is 2. The van der Waals surface area contributed by atoms with Crippen LogP contribution in [0.2, 0.25) is 0 Å². The van der Waals surface area contributed by atoms with Crippen LogP contribution in [0.15, 0.2) is 33.8 Å². The molecule has 4 rings (SSSR count). The van der Waals surface area contributed by atoms with Crippen LogP contribution in [0.25, 0.3) is 0 Å². The second-order valence-electron chi connectivity index (χ2n) is 8.87. The van der Waals surface area contributed by atoms with Crippen molar-refractivity contribution in [2.24, 2.45) is 5.73 Å². The lowest BCUT2D eigenvalue weighted by molar-refractivity contribution is -0.137. The summed E-state index contributed by atoms with van der Waals surface area (Å²) >= 11 is 1.54. The summed E-state index contributed by atoms with van der Waals surface area (Å²) in [5, 5.41) is 23.2. The molecule has 0 aromatic heterocycles. The summed E-state index contributed by atoms with van der Waals surface area (Å²) in [7, 11) is 0. The number of nitrogens with two attached hydrogens (primary N) is 1. The van der Waals surface area contributed by atoms with Gasteiger partial charge in [-0.2, -0.15) is 0 Å². The molecule has 0 bridgehead atoms. The van der Waals surface area contributed by atoms with Gasteiger partial charge in [-0.05, 0) is 44.1 Å². The zero-order valence-electron chi connectivity index (χ0n) is 17.3. The number of aliphatic carboxylic acids is 1. The van der Waals surface area contributed by atoms with Crippen LogP contribution < -0.4 is 16.4 Å². The number of nitrogens with one attached hydrogen (secondary N) is 3. The third-order valence-electron chi connectivity index (χ3n) is 6.37. The van der Waals surface area contributed by atoms with Crippen molar-refractivity contribution in [1.29, 1.82) is 5.41 Å². The fourth-order valence-corrected chi connectivity index (χ4v) is 5.68. The van der Waals surface area contributed by atoms with E-state index in [1.54, 1.807) is 11.8 Å². The lowest BCUT2D eigenvalue weighted by Gasteiger charge is -2.32. The molecule has 0 spiro atoms. The lowest BCUT2D eigenvalue weighted by Crippen LogP contribution is -2.47. The van der Waals surface area contributed by atoms with E-state index < -0.39 is 12.1 Å². The van der Waals surface area contributed by atoms with Crippen molar-refractivity contribution >= 4 is 35.3 Å². The summed E-state index contributed by atoms with van der Waals surface area (Å²) < 4.78 is 0. The number of thioether (sulfide) groups is 1. The summed E-state index contributed by atoms with van der Waals surface area (Å²) in [6, 6.07) is 0. The van der Waals surface area contributed by atoms with E-state index >= 15 is 0 Å². The van der Waals surface area contributed by atoms with Crippen molar-refractivity contribution in [2.45, 2.75) is 74.7 Å². The van der Waals surface area contributed by atoms with Crippen molar-refractivity contribution in [2.75, 3.05) is 0 Å². The Balaban J connectivity index is 1.25.